The van der Waals surface area contributed by atoms with Gasteiger partial charge in [0.15, 0.2) is 0 Å². The van der Waals surface area contributed by atoms with Crippen LogP contribution in [0.5, 0.6) is 0 Å². The minimum absolute atomic E-state index is 0.384. The van der Waals surface area contributed by atoms with E-state index >= 15 is 0 Å². The maximum absolute atomic E-state index is 13.2. The SMILES string of the molecule is CC1C(F)(F)C12CCCNCC2. The maximum Gasteiger partial charge on any atom is 0.257 e. The number of nitrogens with one attached hydrogen (secondary N) is 1. The smallest absolute Gasteiger partial charge is 0.257 e. The van der Waals surface area contributed by atoms with Gasteiger partial charge in [0.25, 0.3) is 5.92 Å². The molecule has 1 spiro atoms. The Labute approximate surface area is 71.5 Å². The molecule has 12 heavy (non-hydrogen) atoms. The third kappa shape index (κ3) is 0.859. The van der Waals surface area contributed by atoms with E-state index in [1.54, 1.807) is 6.92 Å². The molecule has 0 aromatic heterocycles. The second-order valence-electron chi connectivity index (χ2n) is 4.10. The summed E-state index contributed by atoms with van der Waals surface area (Å²) < 4.78 is 26.4. The minimum atomic E-state index is -2.38. The zero-order valence-electron chi connectivity index (χ0n) is 7.37. The zero-order valence-corrected chi connectivity index (χ0v) is 7.37. The van der Waals surface area contributed by atoms with Gasteiger partial charge in [-0.2, -0.15) is 0 Å². The van der Waals surface area contributed by atoms with Crippen molar-refractivity contribution in [2.24, 2.45) is 11.3 Å². The Morgan fingerprint density at radius 3 is 2.50 bits per heavy atom. The maximum atomic E-state index is 13.2. The predicted molar refractivity (Wildman–Crippen MR) is 43.3 cm³/mol. The van der Waals surface area contributed by atoms with Crippen molar-refractivity contribution in [2.75, 3.05) is 13.1 Å². The fourth-order valence-electron chi connectivity index (χ4n) is 2.56. The van der Waals surface area contributed by atoms with E-state index < -0.39 is 11.3 Å². The first kappa shape index (κ1) is 8.42. The van der Waals surface area contributed by atoms with E-state index in [0.717, 1.165) is 19.5 Å². The van der Waals surface area contributed by atoms with E-state index in [2.05, 4.69) is 5.32 Å². The van der Waals surface area contributed by atoms with Crippen molar-refractivity contribution in [1.82, 2.24) is 5.32 Å². The highest BCUT2D eigenvalue weighted by Crippen LogP contribution is 2.70. The first-order valence-electron chi connectivity index (χ1n) is 4.70. The molecule has 1 aliphatic carbocycles. The Morgan fingerprint density at radius 1 is 1.25 bits per heavy atom. The van der Waals surface area contributed by atoms with Crippen LogP contribution in [0.3, 0.4) is 0 Å². The van der Waals surface area contributed by atoms with E-state index in [-0.39, 0.29) is 5.92 Å². The van der Waals surface area contributed by atoms with Gasteiger partial charge < -0.3 is 5.32 Å². The molecule has 0 aromatic rings. The summed E-state index contributed by atoms with van der Waals surface area (Å²) in [4.78, 5) is 0. The van der Waals surface area contributed by atoms with Crippen LogP contribution < -0.4 is 5.32 Å². The monoisotopic (exact) mass is 175 g/mol. The first-order chi connectivity index (χ1) is 5.61. The number of hydrogen-bond donors (Lipinski definition) is 1. The van der Waals surface area contributed by atoms with Crippen molar-refractivity contribution in [2.45, 2.75) is 32.1 Å². The second-order valence-corrected chi connectivity index (χ2v) is 4.10. The van der Waals surface area contributed by atoms with Crippen LogP contribution in [0.15, 0.2) is 0 Å². The molecule has 0 bridgehead atoms. The van der Waals surface area contributed by atoms with Gasteiger partial charge in [-0.1, -0.05) is 6.92 Å². The molecular weight excluding hydrogens is 160 g/mol. The van der Waals surface area contributed by atoms with Gasteiger partial charge in [-0.15, -0.1) is 0 Å². The van der Waals surface area contributed by atoms with Gasteiger partial charge in [-0.3, -0.25) is 0 Å². The summed E-state index contributed by atoms with van der Waals surface area (Å²) in [5.41, 5.74) is -0.628. The van der Waals surface area contributed by atoms with Crippen molar-refractivity contribution in [3.63, 3.8) is 0 Å². The molecule has 0 amide bonds. The summed E-state index contributed by atoms with van der Waals surface area (Å²) in [7, 11) is 0. The highest BCUT2D eigenvalue weighted by atomic mass is 19.3. The van der Waals surface area contributed by atoms with E-state index in [4.69, 9.17) is 0 Å². The van der Waals surface area contributed by atoms with E-state index in [9.17, 15) is 8.78 Å². The molecule has 0 radical (unpaired) electrons. The molecule has 1 N–H and O–H groups in total. The second kappa shape index (κ2) is 2.41. The lowest BCUT2D eigenvalue weighted by molar-refractivity contribution is 0.0537. The van der Waals surface area contributed by atoms with Gasteiger partial charge in [-0.05, 0) is 32.4 Å². The normalized spacial score (nSPS) is 45.8. The van der Waals surface area contributed by atoms with Crippen molar-refractivity contribution < 1.29 is 8.78 Å². The third-order valence-electron chi connectivity index (χ3n) is 3.68. The number of halogens is 2. The third-order valence-corrected chi connectivity index (χ3v) is 3.68. The largest absolute Gasteiger partial charge is 0.317 e. The summed E-state index contributed by atoms with van der Waals surface area (Å²) in [5, 5.41) is 3.17. The zero-order chi connectivity index (χ0) is 8.82. The number of rotatable bonds is 0. The molecule has 2 rings (SSSR count). The molecule has 3 heteroatoms. The van der Waals surface area contributed by atoms with Crippen LogP contribution in [-0.2, 0) is 0 Å². The average molecular weight is 175 g/mol. The molecule has 1 heterocycles. The Hall–Kier alpha value is -0.180. The molecule has 2 atom stereocenters. The quantitative estimate of drug-likeness (QED) is 0.594. The van der Waals surface area contributed by atoms with Crippen LogP contribution in [-0.4, -0.2) is 19.0 Å². The summed E-state index contributed by atoms with van der Waals surface area (Å²) in [5.74, 6) is -2.76. The molecule has 70 valence electrons. The molecule has 2 fully saturated rings. The van der Waals surface area contributed by atoms with Crippen LogP contribution in [0.1, 0.15) is 26.2 Å². The number of alkyl halides is 2. The topological polar surface area (TPSA) is 12.0 Å². The predicted octanol–water partition coefficient (Wildman–Crippen LogP) is 2.03. The van der Waals surface area contributed by atoms with Crippen LogP contribution >= 0.6 is 0 Å². The standard InChI is InChI=1S/C9H15F2N/c1-7-8(9(7,10)11)3-2-5-12-6-4-8/h7,12H,2-6H2,1H3. The van der Waals surface area contributed by atoms with Gasteiger partial charge in [0.2, 0.25) is 0 Å². The molecule has 2 aliphatic rings. The van der Waals surface area contributed by atoms with Crippen LogP contribution in [0.2, 0.25) is 0 Å². The van der Waals surface area contributed by atoms with E-state index in [1.807, 2.05) is 0 Å². The fourth-order valence-corrected chi connectivity index (χ4v) is 2.56. The highest BCUT2D eigenvalue weighted by molar-refractivity contribution is 5.16. The molecule has 0 aromatic carbocycles. The number of hydrogen-bond acceptors (Lipinski definition) is 1. The summed E-state index contributed by atoms with van der Waals surface area (Å²) in [6, 6.07) is 0. The Bertz CT molecular complexity index is 183. The molecular formula is C9H15F2N. The highest BCUT2D eigenvalue weighted by Gasteiger charge is 2.76. The Kier molecular flexibility index (Phi) is 1.69. The van der Waals surface area contributed by atoms with Crippen molar-refractivity contribution in [3.05, 3.63) is 0 Å². The van der Waals surface area contributed by atoms with Gasteiger partial charge in [0.05, 0.1) is 0 Å². The lowest BCUT2D eigenvalue weighted by Gasteiger charge is -2.11. The summed E-state index contributed by atoms with van der Waals surface area (Å²) >= 11 is 0. The van der Waals surface area contributed by atoms with Crippen LogP contribution in [0, 0.1) is 11.3 Å². The van der Waals surface area contributed by atoms with Crippen molar-refractivity contribution in [1.29, 1.82) is 0 Å². The lowest BCUT2D eigenvalue weighted by Crippen LogP contribution is -2.16. The molecule has 1 saturated carbocycles. The average Bonchev–Trinajstić information content (AvgIpc) is 2.58. The molecule has 1 saturated heterocycles. The first-order valence-corrected chi connectivity index (χ1v) is 4.70. The Balaban J connectivity index is 2.11. The van der Waals surface area contributed by atoms with Gasteiger partial charge in [-0.25, -0.2) is 8.78 Å². The summed E-state index contributed by atoms with van der Waals surface area (Å²) in [6.45, 7) is 3.36. The van der Waals surface area contributed by atoms with E-state index in [0.29, 0.717) is 12.8 Å². The molecule has 1 nitrogen and oxygen atoms in total. The van der Waals surface area contributed by atoms with Crippen molar-refractivity contribution in [3.8, 4) is 0 Å². The molecule has 2 unspecified atom stereocenters. The summed E-state index contributed by atoms with van der Waals surface area (Å²) in [6.07, 6.45) is 2.26. The Morgan fingerprint density at radius 2 is 1.92 bits per heavy atom. The van der Waals surface area contributed by atoms with Gasteiger partial charge in [0, 0.05) is 11.3 Å². The van der Waals surface area contributed by atoms with Gasteiger partial charge >= 0.3 is 0 Å². The molecule has 1 aliphatic heterocycles. The van der Waals surface area contributed by atoms with Crippen LogP contribution in [0.25, 0.3) is 0 Å². The minimum Gasteiger partial charge on any atom is -0.317 e. The fraction of sp³-hybridized carbons (Fsp3) is 1.00. The van der Waals surface area contributed by atoms with Crippen molar-refractivity contribution >= 4 is 0 Å². The van der Waals surface area contributed by atoms with Crippen LogP contribution in [0.4, 0.5) is 8.78 Å². The van der Waals surface area contributed by atoms with E-state index in [1.165, 1.54) is 0 Å². The van der Waals surface area contributed by atoms with Gasteiger partial charge in [0.1, 0.15) is 0 Å². The lowest BCUT2D eigenvalue weighted by atomic mass is 9.94.